The lowest BCUT2D eigenvalue weighted by atomic mass is 10.2. The Morgan fingerprint density at radius 2 is 1.91 bits per heavy atom. The molecule has 0 aliphatic carbocycles. The topological polar surface area (TPSA) is 84.5 Å². The van der Waals surface area contributed by atoms with Gasteiger partial charge in [0.2, 0.25) is 6.79 Å². The summed E-state index contributed by atoms with van der Waals surface area (Å²) in [5.74, 6) is 2.11. The molecule has 120 valence electrons. The van der Waals surface area contributed by atoms with Gasteiger partial charge in [0, 0.05) is 17.8 Å². The standard InChI is InChI=1S/C16H18N4O3/c1-10(2)18-16(21)20-12-4-6-15(17-8-12)19-11-3-5-13-14(7-11)23-9-22-13/h3-8,10H,9H2,1-2H3,(H,17,19)(H2,18,20,21). The second-order valence-electron chi connectivity index (χ2n) is 5.38. The molecular weight excluding hydrogens is 296 g/mol. The zero-order chi connectivity index (χ0) is 16.2. The van der Waals surface area contributed by atoms with Gasteiger partial charge in [0.05, 0.1) is 11.9 Å². The van der Waals surface area contributed by atoms with Crippen LogP contribution in [0.3, 0.4) is 0 Å². The van der Waals surface area contributed by atoms with E-state index in [1.54, 1.807) is 18.3 Å². The highest BCUT2D eigenvalue weighted by atomic mass is 16.7. The Bertz CT molecular complexity index is 701. The number of carbonyl (C=O) groups is 1. The van der Waals surface area contributed by atoms with Crippen molar-refractivity contribution in [3.05, 3.63) is 36.5 Å². The third-order valence-electron chi connectivity index (χ3n) is 3.09. The number of pyridine rings is 1. The lowest BCUT2D eigenvalue weighted by molar-refractivity contribution is 0.174. The van der Waals surface area contributed by atoms with Crippen molar-refractivity contribution in [1.29, 1.82) is 0 Å². The zero-order valence-corrected chi connectivity index (χ0v) is 12.9. The molecule has 0 radical (unpaired) electrons. The van der Waals surface area contributed by atoms with Gasteiger partial charge in [-0.15, -0.1) is 0 Å². The highest BCUT2D eigenvalue weighted by Crippen LogP contribution is 2.34. The number of fused-ring (bicyclic) bond motifs is 1. The van der Waals surface area contributed by atoms with Crippen molar-refractivity contribution >= 4 is 23.2 Å². The molecule has 23 heavy (non-hydrogen) atoms. The first-order valence-corrected chi connectivity index (χ1v) is 7.30. The summed E-state index contributed by atoms with van der Waals surface area (Å²) in [4.78, 5) is 15.9. The number of ether oxygens (including phenoxy) is 2. The fraction of sp³-hybridized carbons (Fsp3) is 0.250. The van der Waals surface area contributed by atoms with Gasteiger partial charge in [0.1, 0.15) is 5.82 Å². The molecule has 0 atom stereocenters. The number of nitrogens with one attached hydrogen (secondary N) is 3. The van der Waals surface area contributed by atoms with E-state index in [1.807, 2.05) is 32.0 Å². The largest absolute Gasteiger partial charge is 0.454 e. The van der Waals surface area contributed by atoms with E-state index >= 15 is 0 Å². The Hall–Kier alpha value is -2.96. The van der Waals surface area contributed by atoms with Crippen molar-refractivity contribution in [2.45, 2.75) is 19.9 Å². The monoisotopic (exact) mass is 314 g/mol. The van der Waals surface area contributed by atoms with Gasteiger partial charge in [-0.25, -0.2) is 9.78 Å². The van der Waals surface area contributed by atoms with Crippen LogP contribution < -0.4 is 25.4 Å². The number of amides is 2. The summed E-state index contributed by atoms with van der Waals surface area (Å²) in [6, 6.07) is 8.98. The molecule has 3 rings (SSSR count). The maximum Gasteiger partial charge on any atom is 0.319 e. The van der Waals surface area contributed by atoms with Gasteiger partial charge in [0.25, 0.3) is 0 Å². The molecule has 0 saturated carbocycles. The summed E-state index contributed by atoms with van der Waals surface area (Å²) >= 11 is 0. The molecule has 2 heterocycles. The smallest absolute Gasteiger partial charge is 0.319 e. The van der Waals surface area contributed by atoms with Crippen LogP contribution in [0.5, 0.6) is 11.5 Å². The first-order chi connectivity index (χ1) is 11.1. The van der Waals surface area contributed by atoms with Gasteiger partial charge in [-0.2, -0.15) is 0 Å². The number of urea groups is 1. The molecule has 0 saturated heterocycles. The minimum Gasteiger partial charge on any atom is -0.454 e. The fourth-order valence-corrected chi connectivity index (χ4v) is 2.09. The quantitative estimate of drug-likeness (QED) is 0.807. The maximum atomic E-state index is 11.6. The van der Waals surface area contributed by atoms with Crippen molar-refractivity contribution in [2.24, 2.45) is 0 Å². The van der Waals surface area contributed by atoms with Gasteiger partial charge in [-0.05, 0) is 38.1 Å². The van der Waals surface area contributed by atoms with Crippen molar-refractivity contribution in [3.8, 4) is 11.5 Å². The van der Waals surface area contributed by atoms with Crippen molar-refractivity contribution in [1.82, 2.24) is 10.3 Å². The number of aromatic nitrogens is 1. The van der Waals surface area contributed by atoms with Crippen LogP contribution >= 0.6 is 0 Å². The third-order valence-corrected chi connectivity index (χ3v) is 3.09. The average molecular weight is 314 g/mol. The maximum absolute atomic E-state index is 11.6. The van der Waals surface area contributed by atoms with E-state index in [1.165, 1.54) is 0 Å². The molecule has 7 nitrogen and oxygen atoms in total. The Morgan fingerprint density at radius 3 is 2.65 bits per heavy atom. The number of anilines is 3. The van der Waals surface area contributed by atoms with E-state index in [0.29, 0.717) is 17.3 Å². The van der Waals surface area contributed by atoms with Crippen LogP contribution in [0.4, 0.5) is 22.0 Å². The molecule has 1 aliphatic rings. The number of carbonyl (C=O) groups excluding carboxylic acids is 1. The first-order valence-electron chi connectivity index (χ1n) is 7.30. The van der Waals surface area contributed by atoms with Crippen molar-refractivity contribution in [2.75, 3.05) is 17.4 Å². The molecule has 0 unspecified atom stereocenters. The number of hydrogen-bond acceptors (Lipinski definition) is 5. The number of hydrogen-bond donors (Lipinski definition) is 3. The normalized spacial score (nSPS) is 12.1. The van der Waals surface area contributed by atoms with Crippen LogP contribution in [-0.4, -0.2) is 23.8 Å². The van der Waals surface area contributed by atoms with Gasteiger partial charge in [-0.3, -0.25) is 0 Å². The summed E-state index contributed by atoms with van der Waals surface area (Å²) in [7, 11) is 0. The van der Waals surface area contributed by atoms with E-state index in [-0.39, 0.29) is 18.9 Å². The van der Waals surface area contributed by atoms with Crippen LogP contribution in [0.1, 0.15) is 13.8 Å². The van der Waals surface area contributed by atoms with Gasteiger partial charge in [-0.1, -0.05) is 0 Å². The number of rotatable bonds is 4. The molecule has 3 N–H and O–H groups in total. The summed E-state index contributed by atoms with van der Waals surface area (Å²) in [5, 5.41) is 8.64. The molecular formula is C16H18N4O3. The molecule has 2 amide bonds. The summed E-state index contributed by atoms with van der Waals surface area (Å²) in [5.41, 5.74) is 1.47. The van der Waals surface area contributed by atoms with E-state index in [2.05, 4.69) is 20.9 Å². The fourth-order valence-electron chi connectivity index (χ4n) is 2.09. The Kier molecular flexibility index (Phi) is 4.18. The second-order valence-corrected chi connectivity index (χ2v) is 5.38. The molecule has 1 aromatic carbocycles. The second kappa shape index (κ2) is 6.43. The minimum atomic E-state index is -0.252. The van der Waals surface area contributed by atoms with E-state index in [4.69, 9.17) is 9.47 Å². The summed E-state index contributed by atoms with van der Waals surface area (Å²) < 4.78 is 10.6. The third kappa shape index (κ3) is 3.82. The van der Waals surface area contributed by atoms with Gasteiger partial charge >= 0.3 is 6.03 Å². The van der Waals surface area contributed by atoms with Crippen LogP contribution in [0.15, 0.2) is 36.5 Å². The van der Waals surface area contributed by atoms with E-state index < -0.39 is 0 Å². The predicted octanol–water partition coefficient (Wildman–Crippen LogP) is 3.08. The molecule has 0 spiro atoms. The Labute approximate surface area is 134 Å². The van der Waals surface area contributed by atoms with Crippen LogP contribution in [0, 0.1) is 0 Å². The van der Waals surface area contributed by atoms with Crippen LogP contribution in [-0.2, 0) is 0 Å². The number of nitrogens with zero attached hydrogens (tertiary/aromatic N) is 1. The van der Waals surface area contributed by atoms with Crippen molar-refractivity contribution in [3.63, 3.8) is 0 Å². The van der Waals surface area contributed by atoms with Crippen LogP contribution in [0.25, 0.3) is 0 Å². The highest BCUT2D eigenvalue weighted by Gasteiger charge is 2.13. The molecule has 1 aromatic heterocycles. The molecule has 7 heteroatoms. The molecule has 0 fully saturated rings. The van der Waals surface area contributed by atoms with Crippen LogP contribution in [0.2, 0.25) is 0 Å². The summed E-state index contributed by atoms with van der Waals surface area (Å²) in [6.45, 7) is 4.04. The lowest BCUT2D eigenvalue weighted by Gasteiger charge is -2.11. The molecule has 1 aliphatic heterocycles. The molecule has 2 aromatic rings. The SMILES string of the molecule is CC(C)NC(=O)Nc1ccc(Nc2ccc3c(c2)OCO3)nc1. The average Bonchev–Trinajstić information content (AvgIpc) is 2.96. The zero-order valence-electron chi connectivity index (χ0n) is 12.9. The van der Waals surface area contributed by atoms with Gasteiger partial charge in [0.15, 0.2) is 11.5 Å². The lowest BCUT2D eigenvalue weighted by Crippen LogP contribution is -2.34. The van der Waals surface area contributed by atoms with Crippen molar-refractivity contribution < 1.29 is 14.3 Å². The minimum absolute atomic E-state index is 0.0786. The Morgan fingerprint density at radius 1 is 1.13 bits per heavy atom. The number of benzene rings is 1. The van der Waals surface area contributed by atoms with E-state index in [9.17, 15) is 4.79 Å². The highest BCUT2D eigenvalue weighted by molar-refractivity contribution is 5.89. The van der Waals surface area contributed by atoms with Gasteiger partial charge < -0.3 is 25.4 Å². The summed E-state index contributed by atoms with van der Waals surface area (Å²) in [6.07, 6.45) is 1.59. The van der Waals surface area contributed by atoms with E-state index in [0.717, 1.165) is 11.4 Å². The molecule has 0 bridgehead atoms. The predicted molar refractivity (Wildman–Crippen MR) is 87.4 cm³/mol. The first kappa shape index (κ1) is 15.0. The Balaban J connectivity index is 1.62.